The Morgan fingerprint density at radius 3 is 2.21 bits per heavy atom. The van der Waals surface area contributed by atoms with Gasteiger partial charge in [0.2, 0.25) is 0 Å². The van der Waals surface area contributed by atoms with Crippen molar-refractivity contribution in [3.05, 3.63) is 0 Å². The molecule has 0 amide bonds. The Morgan fingerprint density at radius 1 is 1.29 bits per heavy atom. The molecule has 0 bridgehead atoms. The monoisotopic (exact) mass is 220 g/mol. The maximum atomic E-state index is 11.0. The van der Waals surface area contributed by atoms with E-state index in [9.17, 15) is 13.5 Å². The van der Waals surface area contributed by atoms with Crippen molar-refractivity contribution in [1.29, 1.82) is 0 Å². The first-order valence-electron chi connectivity index (χ1n) is 5.02. The van der Waals surface area contributed by atoms with E-state index in [2.05, 4.69) is 13.8 Å². The largest absolute Gasteiger partial charge is 0.390 e. The average Bonchev–Trinajstić information content (AvgIpc) is 2.22. The van der Waals surface area contributed by atoms with Crippen LogP contribution in [0.15, 0.2) is 0 Å². The van der Waals surface area contributed by atoms with E-state index in [-0.39, 0.29) is 11.2 Å². The highest BCUT2D eigenvalue weighted by molar-refractivity contribution is 7.90. The fourth-order valence-corrected chi connectivity index (χ4v) is 2.98. The van der Waals surface area contributed by atoms with E-state index < -0.39 is 15.4 Å². The number of sulfone groups is 1. The summed E-state index contributed by atoms with van der Waals surface area (Å²) in [5.74, 6) is 0.0968. The van der Waals surface area contributed by atoms with Gasteiger partial charge in [0.1, 0.15) is 9.84 Å². The molecule has 1 N–H and O–H groups in total. The Bertz CT molecular complexity index is 305. The molecule has 0 heterocycles. The molecule has 0 aliphatic heterocycles. The maximum Gasteiger partial charge on any atom is 0.147 e. The Morgan fingerprint density at radius 2 is 1.86 bits per heavy atom. The van der Waals surface area contributed by atoms with Gasteiger partial charge in [0, 0.05) is 6.26 Å². The van der Waals surface area contributed by atoms with Crippen LogP contribution in [0.5, 0.6) is 0 Å². The first-order valence-corrected chi connectivity index (χ1v) is 7.08. The van der Waals surface area contributed by atoms with E-state index in [1.54, 1.807) is 0 Å². The molecule has 1 aliphatic rings. The molecular formula is C10H20O3S. The molecule has 1 rings (SSSR count). The van der Waals surface area contributed by atoms with E-state index in [0.717, 1.165) is 19.3 Å². The molecule has 1 aliphatic carbocycles. The summed E-state index contributed by atoms with van der Waals surface area (Å²) in [6, 6.07) is 0. The van der Waals surface area contributed by atoms with Crippen molar-refractivity contribution >= 4 is 9.84 Å². The van der Waals surface area contributed by atoms with Gasteiger partial charge in [-0.1, -0.05) is 13.8 Å². The van der Waals surface area contributed by atoms with E-state index >= 15 is 0 Å². The summed E-state index contributed by atoms with van der Waals surface area (Å²) in [6.07, 6.45) is 4.03. The van der Waals surface area contributed by atoms with Crippen LogP contribution in [0.4, 0.5) is 0 Å². The second-order valence-electron chi connectivity index (χ2n) is 5.45. The van der Waals surface area contributed by atoms with Crippen molar-refractivity contribution < 1.29 is 13.5 Å². The zero-order valence-corrected chi connectivity index (χ0v) is 10.0. The van der Waals surface area contributed by atoms with Crippen LogP contribution in [0.1, 0.15) is 39.5 Å². The second kappa shape index (κ2) is 3.49. The lowest BCUT2D eigenvalue weighted by Crippen LogP contribution is -2.29. The molecule has 0 spiro atoms. The van der Waals surface area contributed by atoms with Gasteiger partial charge in [-0.2, -0.15) is 0 Å². The highest BCUT2D eigenvalue weighted by atomic mass is 32.2. The summed E-state index contributed by atoms with van der Waals surface area (Å²) in [4.78, 5) is 0. The van der Waals surface area contributed by atoms with Crippen LogP contribution in [0, 0.1) is 5.41 Å². The Kier molecular flexibility index (Phi) is 2.99. The lowest BCUT2D eigenvalue weighted by Gasteiger charge is -2.24. The van der Waals surface area contributed by atoms with Gasteiger partial charge >= 0.3 is 0 Å². The second-order valence-corrected chi connectivity index (χ2v) is 7.70. The third-order valence-electron chi connectivity index (χ3n) is 3.01. The minimum absolute atomic E-state index is 0.0968. The highest BCUT2D eigenvalue weighted by Gasteiger charge is 2.41. The molecular weight excluding hydrogens is 200 g/mol. The molecule has 1 unspecified atom stereocenters. The minimum Gasteiger partial charge on any atom is -0.390 e. The number of aliphatic hydroxyl groups is 1. The van der Waals surface area contributed by atoms with E-state index in [1.165, 1.54) is 6.26 Å². The zero-order valence-electron chi connectivity index (χ0n) is 9.21. The standard InChI is InChI=1S/C10H20O3S/c1-9(2)4-5-10(11,8-9)6-7-14(3,12)13/h11H,4-8H2,1-3H3. The lowest BCUT2D eigenvalue weighted by molar-refractivity contribution is 0.0345. The smallest absolute Gasteiger partial charge is 0.147 e. The van der Waals surface area contributed by atoms with Crippen molar-refractivity contribution in [3.63, 3.8) is 0 Å². The molecule has 1 atom stereocenters. The predicted molar refractivity (Wildman–Crippen MR) is 56.9 cm³/mol. The normalized spacial score (nSPS) is 32.0. The van der Waals surface area contributed by atoms with Crippen LogP contribution in [0.3, 0.4) is 0 Å². The van der Waals surface area contributed by atoms with Gasteiger partial charge in [0.05, 0.1) is 11.4 Å². The molecule has 1 fully saturated rings. The number of hydrogen-bond donors (Lipinski definition) is 1. The Hall–Kier alpha value is -0.0900. The molecule has 0 aromatic carbocycles. The SMILES string of the molecule is CC1(C)CCC(O)(CCS(C)(=O)=O)C1. The number of hydrogen-bond acceptors (Lipinski definition) is 3. The lowest BCUT2D eigenvalue weighted by atomic mass is 9.88. The molecule has 0 saturated heterocycles. The zero-order chi connectivity index (χ0) is 11.0. The molecule has 14 heavy (non-hydrogen) atoms. The van der Waals surface area contributed by atoms with Crippen LogP contribution in [-0.4, -0.2) is 31.1 Å². The van der Waals surface area contributed by atoms with E-state index in [4.69, 9.17) is 0 Å². The van der Waals surface area contributed by atoms with Crippen molar-refractivity contribution in [2.45, 2.75) is 45.1 Å². The van der Waals surface area contributed by atoms with Crippen LogP contribution in [0.2, 0.25) is 0 Å². The predicted octanol–water partition coefficient (Wildman–Crippen LogP) is 1.36. The summed E-state index contributed by atoms with van der Waals surface area (Å²) in [5, 5.41) is 10.1. The van der Waals surface area contributed by atoms with Crippen LogP contribution in [0.25, 0.3) is 0 Å². The Labute approximate surface area is 86.4 Å². The van der Waals surface area contributed by atoms with Crippen molar-refractivity contribution in [3.8, 4) is 0 Å². The first-order chi connectivity index (χ1) is 6.12. The first kappa shape index (κ1) is 12.0. The van der Waals surface area contributed by atoms with Gasteiger partial charge in [0.15, 0.2) is 0 Å². The average molecular weight is 220 g/mol. The fourth-order valence-electron chi connectivity index (χ4n) is 2.23. The molecule has 0 aromatic heterocycles. The summed E-state index contributed by atoms with van der Waals surface area (Å²) >= 11 is 0. The third-order valence-corrected chi connectivity index (χ3v) is 3.96. The topological polar surface area (TPSA) is 54.4 Å². The van der Waals surface area contributed by atoms with Crippen LogP contribution < -0.4 is 0 Å². The molecule has 0 radical (unpaired) electrons. The van der Waals surface area contributed by atoms with E-state index in [0.29, 0.717) is 6.42 Å². The minimum atomic E-state index is -2.95. The fraction of sp³-hybridized carbons (Fsp3) is 1.00. The summed E-state index contributed by atoms with van der Waals surface area (Å²) in [5.41, 5.74) is -0.584. The summed E-state index contributed by atoms with van der Waals surface area (Å²) < 4.78 is 22.0. The summed E-state index contributed by atoms with van der Waals surface area (Å²) in [6.45, 7) is 4.23. The molecule has 4 heteroatoms. The van der Waals surface area contributed by atoms with Gasteiger partial charge in [0.25, 0.3) is 0 Å². The van der Waals surface area contributed by atoms with Crippen LogP contribution >= 0.6 is 0 Å². The van der Waals surface area contributed by atoms with Crippen LogP contribution in [-0.2, 0) is 9.84 Å². The summed E-state index contributed by atoms with van der Waals surface area (Å²) in [7, 11) is -2.95. The van der Waals surface area contributed by atoms with Crippen molar-refractivity contribution in [1.82, 2.24) is 0 Å². The third kappa shape index (κ3) is 3.58. The van der Waals surface area contributed by atoms with Crippen molar-refractivity contribution in [2.24, 2.45) is 5.41 Å². The van der Waals surface area contributed by atoms with Gasteiger partial charge in [-0.25, -0.2) is 8.42 Å². The quantitative estimate of drug-likeness (QED) is 0.781. The van der Waals surface area contributed by atoms with Crippen molar-refractivity contribution in [2.75, 3.05) is 12.0 Å². The maximum absolute atomic E-state index is 11.0. The molecule has 0 aromatic rings. The highest BCUT2D eigenvalue weighted by Crippen LogP contribution is 2.45. The Balaban J connectivity index is 2.54. The van der Waals surface area contributed by atoms with Gasteiger partial charge < -0.3 is 5.11 Å². The van der Waals surface area contributed by atoms with Gasteiger partial charge in [-0.3, -0.25) is 0 Å². The molecule has 3 nitrogen and oxygen atoms in total. The van der Waals surface area contributed by atoms with E-state index in [1.807, 2.05) is 0 Å². The molecule has 84 valence electrons. The number of rotatable bonds is 3. The van der Waals surface area contributed by atoms with Gasteiger partial charge in [-0.15, -0.1) is 0 Å². The molecule has 1 saturated carbocycles. The van der Waals surface area contributed by atoms with Gasteiger partial charge in [-0.05, 0) is 31.1 Å².